The Labute approximate surface area is 110 Å². The highest BCUT2D eigenvalue weighted by atomic mass is 35.5. The van der Waals surface area contributed by atoms with Crippen molar-refractivity contribution in [3.63, 3.8) is 0 Å². The summed E-state index contributed by atoms with van der Waals surface area (Å²) in [5, 5.41) is 0.128. The highest BCUT2D eigenvalue weighted by Gasteiger charge is 2.34. The van der Waals surface area contributed by atoms with Crippen LogP contribution >= 0.6 is 11.6 Å². The molecular formula is C12H7ClF3NO2. The van der Waals surface area contributed by atoms with E-state index in [0.717, 1.165) is 6.07 Å². The molecule has 1 aromatic heterocycles. The average molecular weight is 290 g/mol. The number of hydrogen-bond donors (Lipinski definition) is 1. The molecule has 0 saturated heterocycles. The molecule has 0 saturated carbocycles. The fraction of sp³-hybridized carbons (Fsp3) is 0.167. The fourth-order valence-electron chi connectivity index (χ4n) is 1.73. The average Bonchev–Trinajstić information content (AvgIpc) is 2.35. The Hall–Kier alpha value is -1.82. The van der Waals surface area contributed by atoms with E-state index in [0.29, 0.717) is 6.07 Å². The molecule has 0 unspecified atom stereocenters. The van der Waals surface area contributed by atoms with Gasteiger partial charge in [0.1, 0.15) is 0 Å². The monoisotopic (exact) mass is 289 g/mol. The van der Waals surface area contributed by atoms with Gasteiger partial charge >= 0.3 is 6.18 Å². The number of carbonyl (C=O) groups is 1. The molecule has 1 aromatic carbocycles. The van der Waals surface area contributed by atoms with E-state index in [9.17, 15) is 22.8 Å². The molecule has 19 heavy (non-hydrogen) atoms. The first-order chi connectivity index (χ1) is 8.82. The van der Waals surface area contributed by atoms with Gasteiger partial charge in [0, 0.05) is 11.6 Å². The normalized spacial score (nSPS) is 11.8. The fourth-order valence-corrected chi connectivity index (χ4v) is 1.88. The van der Waals surface area contributed by atoms with E-state index >= 15 is 0 Å². The Balaban J connectivity index is 2.84. The van der Waals surface area contributed by atoms with E-state index in [1.165, 1.54) is 12.1 Å². The number of ketones is 1. The Morgan fingerprint density at radius 2 is 1.95 bits per heavy atom. The van der Waals surface area contributed by atoms with E-state index in [1.54, 1.807) is 0 Å². The van der Waals surface area contributed by atoms with Gasteiger partial charge in [-0.25, -0.2) is 0 Å². The number of aromatic nitrogens is 1. The van der Waals surface area contributed by atoms with Crippen molar-refractivity contribution in [2.45, 2.75) is 6.18 Å². The van der Waals surface area contributed by atoms with E-state index in [2.05, 4.69) is 4.98 Å². The molecule has 2 rings (SSSR count). The molecule has 0 radical (unpaired) electrons. The molecule has 2 aromatic rings. The Morgan fingerprint density at radius 1 is 1.26 bits per heavy atom. The topological polar surface area (TPSA) is 49.9 Å². The van der Waals surface area contributed by atoms with Gasteiger partial charge in [0.15, 0.2) is 5.78 Å². The van der Waals surface area contributed by atoms with Crippen LogP contribution in [0.25, 0.3) is 10.9 Å². The molecule has 0 aliphatic heterocycles. The van der Waals surface area contributed by atoms with Gasteiger partial charge in [0.2, 0.25) is 5.56 Å². The summed E-state index contributed by atoms with van der Waals surface area (Å²) in [6, 6.07) is 4.29. The molecule has 3 nitrogen and oxygen atoms in total. The SMILES string of the molecule is O=C(CCl)c1cc(C(F)(F)F)c2[nH]c(=O)ccc2c1. The standard InChI is InChI=1S/C12H7ClF3NO2/c13-5-9(18)7-3-6-1-2-10(19)17-11(6)8(4-7)12(14,15)16/h1-4H,5H2,(H,17,19). The molecule has 1 heterocycles. The number of fused-ring (bicyclic) bond motifs is 1. The number of aromatic amines is 1. The second kappa shape index (κ2) is 4.70. The summed E-state index contributed by atoms with van der Waals surface area (Å²) < 4.78 is 38.8. The second-order valence-corrected chi connectivity index (χ2v) is 4.13. The van der Waals surface area contributed by atoms with Crippen molar-refractivity contribution < 1.29 is 18.0 Å². The first-order valence-corrected chi connectivity index (χ1v) is 5.70. The Kier molecular flexibility index (Phi) is 3.36. The molecule has 0 atom stereocenters. The largest absolute Gasteiger partial charge is 0.418 e. The van der Waals surface area contributed by atoms with Crippen molar-refractivity contribution in [1.29, 1.82) is 0 Å². The number of nitrogens with one attached hydrogen (secondary N) is 1. The van der Waals surface area contributed by atoms with Crippen LogP contribution in [0.2, 0.25) is 0 Å². The zero-order valence-corrected chi connectivity index (χ0v) is 10.1. The highest BCUT2D eigenvalue weighted by Crippen LogP contribution is 2.34. The summed E-state index contributed by atoms with van der Waals surface area (Å²) in [7, 11) is 0. The second-order valence-electron chi connectivity index (χ2n) is 3.87. The molecule has 0 aliphatic rings. The van der Waals surface area contributed by atoms with Gasteiger partial charge in [-0.15, -0.1) is 11.6 Å². The van der Waals surface area contributed by atoms with Gasteiger partial charge < -0.3 is 4.98 Å². The number of hydrogen-bond acceptors (Lipinski definition) is 2. The molecule has 0 spiro atoms. The van der Waals surface area contributed by atoms with Gasteiger partial charge in [-0.3, -0.25) is 9.59 Å². The summed E-state index contributed by atoms with van der Waals surface area (Å²) in [6.07, 6.45) is -4.68. The first kappa shape index (κ1) is 13.6. The molecule has 7 heteroatoms. The number of Topliss-reactive ketones (excluding diaryl/α,β-unsaturated/α-hetero) is 1. The van der Waals surface area contributed by atoms with Gasteiger partial charge in [-0.05, 0) is 23.6 Å². The molecule has 1 N–H and O–H groups in total. The van der Waals surface area contributed by atoms with E-state index in [4.69, 9.17) is 11.6 Å². The lowest BCUT2D eigenvalue weighted by Crippen LogP contribution is -2.13. The van der Waals surface area contributed by atoms with E-state index in [-0.39, 0.29) is 16.5 Å². The van der Waals surface area contributed by atoms with Crippen molar-refractivity contribution in [3.05, 3.63) is 45.7 Å². The van der Waals surface area contributed by atoms with Crippen LogP contribution in [0.1, 0.15) is 15.9 Å². The summed E-state index contributed by atoms with van der Waals surface area (Å²) in [6.45, 7) is 0. The lowest BCUT2D eigenvalue weighted by Gasteiger charge is -2.11. The van der Waals surface area contributed by atoms with Crippen LogP contribution in [0.5, 0.6) is 0 Å². The Bertz CT molecular complexity index is 706. The highest BCUT2D eigenvalue weighted by molar-refractivity contribution is 6.30. The number of pyridine rings is 1. The number of H-pyrrole nitrogens is 1. The van der Waals surface area contributed by atoms with Crippen LogP contribution in [-0.4, -0.2) is 16.6 Å². The molecule has 100 valence electrons. The van der Waals surface area contributed by atoms with Crippen LogP contribution in [0.4, 0.5) is 13.2 Å². The predicted octanol–water partition coefficient (Wildman–Crippen LogP) is 2.97. The Morgan fingerprint density at radius 3 is 2.53 bits per heavy atom. The smallest absolute Gasteiger partial charge is 0.321 e. The lowest BCUT2D eigenvalue weighted by atomic mass is 10.0. The van der Waals surface area contributed by atoms with Crippen molar-refractivity contribution >= 4 is 28.3 Å². The minimum absolute atomic E-state index is 0.128. The van der Waals surface area contributed by atoms with Gasteiger partial charge in [-0.1, -0.05) is 0 Å². The number of rotatable bonds is 2. The lowest BCUT2D eigenvalue weighted by molar-refractivity contribution is -0.136. The van der Waals surface area contributed by atoms with Crippen molar-refractivity contribution in [2.24, 2.45) is 0 Å². The number of carbonyl (C=O) groups excluding carboxylic acids is 1. The number of alkyl halides is 4. The van der Waals surface area contributed by atoms with Gasteiger partial charge in [0.25, 0.3) is 0 Å². The van der Waals surface area contributed by atoms with Crippen LogP contribution in [0, 0.1) is 0 Å². The first-order valence-electron chi connectivity index (χ1n) is 5.16. The third-order valence-electron chi connectivity index (χ3n) is 2.58. The van der Waals surface area contributed by atoms with E-state index in [1.807, 2.05) is 0 Å². The molecule has 0 fully saturated rings. The van der Waals surface area contributed by atoms with Gasteiger partial charge in [-0.2, -0.15) is 13.2 Å². The summed E-state index contributed by atoms with van der Waals surface area (Å²) >= 11 is 5.34. The third-order valence-corrected chi connectivity index (χ3v) is 2.82. The summed E-state index contributed by atoms with van der Waals surface area (Å²) in [5.41, 5.74) is -2.18. The zero-order chi connectivity index (χ0) is 14.2. The van der Waals surface area contributed by atoms with Crippen molar-refractivity contribution in [2.75, 3.05) is 5.88 Å². The van der Waals surface area contributed by atoms with Crippen molar-refractivity contribution in [3.8, 4) is 0 Å². The quantitative estimate of drug-likeness (QED) is 0.682. The van der Waals surface area contributed by atoms with Crippen LogP contribution in [-0.2, 0) is 6.18 Å². The zero-order valence-electron chi connectivity index (χ0n) is 9.34. The molecular weight excluding hydrogens is 283 g/mol. The van der Waals surface area contributed by atoms with E-state index < -0.39 is 29.0 Å². The van der Waals surface area contributed by atoms with Gasteiger partial charge in [0.05, 0.1) is 17.0 Å². The third kappa shape index (κ3) is 2.63. The van der Waals surface area contributed by atoms with Crippen LogP contribution in [0.3, 0.4) is 0 Å². The minimum atomic E-state index is -4.68. The predicted molar refractivity (Wildman–Crippen MR) is 64.6 cm³/mol. The molecule has 0 bridgehead atoms. The molecule has 0 aliphatic carbocycles. The summed E-state index contributed by atoms with van der Waals surface area (Å²) in [4.78, 5) is 24.7. The number of halogens is 4. The maximum atomic E-state index is 12.9. The maximum Gasteiger partial charge on any atom is 0.418 e. The summed E-state index contributed by atoms with van der Waals surface area (Å²) in [5.74, 6) is -1.02. The van der Waals surface area contributed by atoms with Crippen LogP contribution in [0.15, 0.2) is 29.1 Å². The number of benzene rings is 1. The minimum Gasteiger partial charge on any atom is -0.321 e. The van der Waals surface area contributed by atoms with Crippen LogP contribution < -0.4 is 5.56 Å². The maximum absolute atomic E-state index is 12.9. The molecule has 0 amide bonds. The van der Waals surface area contributed by atoms with Crippen molar-refractivity contribution in [1.82, 2.24) is 4.98 Å².